The third-order valence-corrected chi connectivity index (χ3v) is 3.27. The summed E-state index contributed by atoms with van der Waals surface area (Å²) in [6, 6.07) is 5.49. The average Bonchev–Trinajstić information content (AvgIpc) is 2.88. The van der Waals surface area contributed by atoms with E-state index < -0.39 is 5.97 Å². The molecule has 7 nitrogen and oxygen atoms in total. The van der Waals surface area contributed by atoms with Crippen LogP contribution in [0.4, 0.5) is 0 Å². The molecule has 0 atom stereocenters. The van der Waals surface area contributed by atoms with Gasteiger partial charge in [0, 0.05) is 23.1 Å². The van der Waals surface area contributed by atoms with Gasteiger partial charge in [0.05, 0.1) is 6.42 Å². The first kappa shape index (κ1) is 13.2. The number of aromatic nitrogens is 5. The van der Waals surface area contributed by atoms with Crippen LogP contribution in [0.5, 0.6) is 0 Å². The van der Waals surface area contributed by atoms with E-state index in [-0.39, 0.29) is 6.42 Å². The van der Waals surface area contributed by atoms with Crippen LogP contribution in [0.2, 0.25) is 0 Å². The Hall–Kier alpha value is -2.83. The third-order valence-electron chi connectivity index (χ3n) is 3.27. The van der Waals surface area contributed by atoms with Crippen molar-refractivity contribution >= 4 is 11.7 Å². The lowest BCUT2D eigenvalue weighted by Gasteiger charge is -2.07. The van der Waals surface area contributed by atoms with Crippen molar-refractivity contribution in [2.24, 2.45) is 0 Å². The van der Waals surface area contributed by atoms with Crippen molar-refractivity contribution in [2.45, 2.75) is 20.3 Å². The first-order chi connectivity index (χ1) is 10.1. The molecule has 3 heterocycles. The fraction of sp³-hybridized carbons (Fsp3) is 0.214. The number of carbonyl (C=O) groups is 1. The minimum absolute atomic E-state index is 0.0839. The van der Waals surface area contributed by atoms with Crippen molar-refractivity contribution in [1.82, 2.24) is 24.6 Å². The van der Waals surface area contributed by atoms with Crippen LogP contribution in [-0.4, -0.2) is 35.6 Å². The molecular weight excluding hydrogens is 270 g/mol. The molecule has 3 aromatic heterocycles. The first-order valence-corrected chi connectivity index (χ1v) is 6.42. The summed E-state index contributed by atoms with van der Waals surface area (Å²) in [4.78, 5) is 23.8. The lowest BCUT2D eigenvalue weighted by molar-refractivity contribution is -0.136. The van der Waals surface area contributed by atoms with Gasteiger partial charge in [-0.3, -0.25) is 9.78 Å². The molecule has 0 aliphatic rings. The molecule has 3 aromatic rings. The highest BCUT2D eigenvalue weighted by atomic mass is 16.4. The van der Waals surface area contributed by atoms with Gasteiger partial charge in [-0.2, -0.15) is 4.98 Å². The monoisotopic (exact) mass is 283 g/mol. The molecule has 0 saturated heterocycles. The Morgan fingerprint density at radius 1 is 1.29 bits per heavy atom. The summed E-state index contributed by atoms with van der Waals surface area (Å²) in [5.41, 5.74) is 2.70. The van der Waals surface area contributed by atoms with Crippen molar-refractivity contribution in [3.63, 3.8) is 0 Å². The van der Waals surface area contributed by atoms with Crippen molar-refractivity contribution in [1.29, 1.82) is 0 Å². The number of aliphatic carboxylic acids is 1. The van der Waals surface area contributed by atoms with E-state index in [9.17, 15) is 4.79 Å². The second-order valence-corrected chi connectivity index (χ2v) is 4.69. The molecule has 0 aliphatic carbocycles. The van der Waals surface area contributed by atoms with Gasteiger partial charge >= 0.3 is 5.97 Å². The molecule has 0 aromatic carbocycles. The molecule has 3 rings (SSSR count). The van der Waals surface area contributed by atoms with Crippen LogP contribution in [-0.2, 0) is 11.2 Å². The zero-order valence-electron chi connectivity index (χ0n) is 11.6. The summed E-state index contributed by atoms with van der Waals surface area (Å²) in [6.07, 6.45) is 1.59. The van der Waals surface area contributed by atoms with Gasteiger partial charge in [-0.05, 0) is 26.0 Å². The Balaban J connectivity index is 2.18. The maximum atomic E-state index is 11.0. The van der Waals surface area contributed by atoms with Gasteiger partial charge in [-0.25, -0.2) is 9.50 Å². The molecule has 21 heavy (non-hydrogen) atoms. The van der Waals surface area contributed by atoms with Gasteiger partial charge in [0.2, 0.25) is 5.82 Å². The Bertz CT molecular complexity index is 826. The number of carboxylic acid groups (broad SMARTS) is 1. The number of fused-ring (bicyclic) bond motifs is 1. The Kier molecular flexibility index (Phi) is 3.09. The van der Waals surface area contributed by atoms with E-state index in [0.29, 0.717) is 28.6 Å². The highest BCUT2D eigenvalue weighted by Gasteiger charge is 2.16. The Morgan fingerprint density at radius 2 is 2.10 bits per heavy atom. The molecule has 1 N–H and O–H groups in total. The standard InChI is InChI=1S/C14H13N5O2/c1-8-10(7-12(20)21)9(2)19-14(16-8)17-13(18-19)11-5-3-4-6-15-11/h3-6H,7H2,1-2H3,(H,20,21). The van der Waals surface area contributed by atoms with Crippen molar-refractivity contribution in [3.05, 3.63) is 41.3 Å². The SMILES string of the molecule is Cc1nc2nc(-c3ccccn3)nn2c(C)c1CC(=O)O. The van der Waals surface area contributed by atoms with Gasteiger partial charge in [0.15, 0.2) is 0 Å². The average molecular weight is 283 g/mol. The fourth-order valence-electron chi connectivity index (χ4n) is 2.22. The van der Waals surface area contributed by atoms with E-state index in [2.05, 4.69) is 20.1 Å². The molecule has 0 fully saturated rings. The van der Waals surface area contributed by atoms with E-state index in [0.717, 1.165) is 5.69 Å². The second kappa shape index (κ2) is 4.93. The zero-order chi connectivity index (χ0) is 15.0. The van der Waals surface area contributed by atoms with Crippen molar-refractivity contribution in [3.8, 4) is 11.5 Å². The van der Waals surface area contributed by atoms with Crippen LogP contribution in [0.3, 0.4) is 0 Å². The second-order valence-electron chi connectivity index (χ2n) is 4.69. The summed E-state index contributed by atoms with van der Waals surface area (Å²) in [5, 5.41) is 13.4. The molecule has 0 radical (unpaired) electrons. The molecule has 0 spiro atoms. The summed E-state index contributed by atoms with van der Waals surface area (Å²) >= 11 is 0. The molecule has 0 bridgehead atoms. The number of aryl methyl sites for hydroxylation is 2. The smallest absolute Gasteiger partial charge is 0.307 e. The summed E-state index contributed by atoms with van der Waals surface area (Å²) in [5.74, 6) is 0.0188. The predicted molar refractivity (Wildman–Crippen MR) is 74.8 cm³/mol. The normalized spacial score (nSPS) is 11.0. The van der Waals surface area contributed by atoms with Gasteiger partial charge in [0.25, 0.3) is 5.78 Å². The van der Waals surface area contributed by atoms with Gasteiger partial charge in [-0.15, -0.1) is 5.10 Å². The van der Waals surface area contributed by atoms with Crippen LogP contribution < -0.4 is 0 Å². The molecule has 0 saturated carbocycles. The van der Waals surface area contributed by atoms with Crippen LogP contribution in [0.15, 0.2) is 24.4 Å². The Morgan fingerprint density at radius 3 is 2.76 bits per heavy atom. The minimum atomic E-state index is -0.896. The summed E-state index contributed by atoms with van der Waals surface area (Å²) in [6.45, 7) is 3.59. The van der Waals surface area contributed by atoms with E-state index in [4.69, 9.17) is 5.11 Å². The van der Waals surface area contributed by atoms with E-state index >= 15 is 0 Å². The number of nitrogens with zero attached hydrogens (tertiary/aromatic N) is 5. The van der Waals surface area contributed by atoms with Gasteiger partial charge in [0.1, 0.15) is 5.69 Å². The summed E-state index contributed by atoms with van der Waals surface area (Å²) < 4.78 is 1.56. The number of rotatable bonds is 3. The van der Waals surface area contributed by atoms with Crippen molar-refractivity contribution < 1.29 is 9.90 Å². The Labute approximate surface area is 120 Å². The molecule has 0 aliphatic heterocycles. The van der Waals surface area contributed by atoms with Crippen LogP contribution in [0.25, 0.3) is 17.3 Å². The molecule has 0 amide bonds. The third kappa shape index (κ3) is 2.33. The number of carboxylic acids is 1. The summed E-state index contributed by atoms with van der Waals surface area (Å²) in [7, 11) is 0. The topological polar surface area (TPSA) is 93.3 Å². The highest BCUT2D eigenvalue weighted by Crippen LogP contribution is 2.17. The van der Waals surface area contributed by atoms with E-state index in [1.807, 2.05) is 25.1 Å². The van der Waals surface area contributed by atoms with E-state index in [1.165, 1.54) is 0 Å². The number of pyridine rings is 1. The van der Waals surface area contributed by atoms with Crippen LogP contribution in [0, 0.1) is 13.8 Å². The fourth-order valence-corrected chi connectivity index (χ4v) is 2.22. The van der Waals surface area contributed by atoms with E-state index in [1.54, 1.807) is 17.6 Å². The van der Waals surface area contributed by atoms with Crippen LogP contribution >= 0.6 is 0 Å². The van der Waals surface area contributed by atoms with Crippen LogP contribution in [0.1, 0.15) is 17.0 Å². The van der Waals surface area contributed by atoms with Crippen molar-refractivity contribution in [2.75, 3.05) is 0 Å². The molecule has 106 valence electrons. The maximum absolute atomic E-state index is 11.0. The molecular formula is C14H13N5O2. The first-order valence-electron chi connectivity index (χ1n) is 6.42. The predicted octanol–water partition coefficient (Wildman–Crippen LogP) is 1.43. The highest BCUT2D eigenvalue weighted by molar-refractivity contribution is 5.71. The maximum Gasteiger partial charge on any atom is 0.307 e. The van der Waals surface area contributed by atoms with Gasteiger partial charge in [-0.1, -0.05) is 6.07 Å². The quantitative estimate of drug-likeness (QED) is 0.781. The van der Waals surface area contributed by atoms with Gasteiger partial charge < -0.3 is 5.11 Å². The molecule has 0 unspecified atom stereocenters. The minimum Gasteiger partial charge on any atom is -0.481 e. The zero-order valence-corrected chi connectivity index (χ0v) is 11.6. The lowest BCUT2D eigenvalue weighted by atomic mass is 10.1. The molecule has 7 heteroatoms. The number of hydrogen-bond donors (Lipinski definition) is 1. The number of hydrogen-bond acceptors (Lipinski definition) is 5. The lowest BCUT2D eigenvalue weighted by Crippen LogP contribution is -2.10. The largest absolute Gasteiger partial charge is 0.481 e.